The number of aryl methyl sites for hydroxylation is 1. The fraction of sp³-hybridized carbons (Fsp3) is 0.389. The first-order chi connectivity index (χ1) is 21.3. The fourth-order valence-electron chi connectivity index (χ4n) is 5.63. The molecule has 3 aromatic rings. The van der Waals surface area contributed by atoms with E-state index in [1.54, 1.807) is 17.0 Å². The van der Waals surface area contributed by atoms with Crippen molar-refractivity contribution in [3.63, 3.8) is 0 Å². The molecule has 3 aromatic carbocycles. The molecule has 0 spiro atoms. The molecule has 8 nitrogen and oxygen atoms in total. The van der Waals surface area contributed by atoms with Gasteiger partial charge in [0.15, 0.2) is 0 Å². The Morgan fingerprint density at radius 1 is 0.932 bits per heavy atom. The Morgan fingerprint density at radius 3 is 2.32 bits per heavy atom. The molecule has 2 aliphatic rings. The third-order valence-electron chi connectivity index (χ3n) is 8.00. The Bertz CT molecular complexity index is 1460. The summed E-state index contributed by atoms with van der Waals surface area (Å²) >= 11 is 0. The molecule has 232 valence electrons. The maximum Gasteiger partial charge on any atom is 0.295 e. The van der Waals surface area contributed by atoms with Crippen LogP contribution in [0.3, 0.4) is 0 Å². The van der Waals surface area contributed by atoms with E-state index in [9.17, 15) is 14.7 Å². The minimum atomic E-state index is -0.723. The van der Waals surface area contributed by atoms with Gasteiger partial charge in [0.25, 0.3) is 11.7 Å². The molecule has 2 aliphatic heterocycles. The lowest BCUT2D eigenvalue weighted by Crippen LogP contribution is -2.38. The van der Waals surface area contributed by atoms with E-state index in [0.717, 1.165) is 36.3 Å². The third kappa shape index (κ3) is 7.49. The van der Waals surface area contributed by atoms with Gasteiger partial charge in [-0.25, -0.2) is 0 Å². The molecule has 1 unspecified atom stereocenters. The normalized spacial score (nSPS) is 18.6. The van der Waals surface area contributed by atoms with E-state index in [1.165, 1.54) is 0 Å². The van der Waals surface area contributed by atoms with Gasteiger partial charge in [0.05, 0.1) is 31.4 Å². The number of carbonyl (C=O) groups is 2. The van der Waals surface area contributed by atoms with E-state index in [-0.39, 0.29) is 11.3 Å². The zero-order chi connectivity index (χ0) is 31.1. The molecule has 0 radical (unpaired) electrons. The third-order valence-corrected chi connectivity index (χ3v) is 8.00. The van der Waals surface area contributed by atoms with Crippen LogP contribution in [-0.2, 0) is 20.9 Å². The molecule has 0 bridgehead atoms. The average Bonchev–Trinajstić information content (AvgIpc) is 3.29. The number of benzene rings is 3. The highest BCUT2D eigenvalue weighted by atomic mass is 16.5. The molecule has 0 aromatic heterocycles. The monoisotopic (exact) mass is 598 g/mol. The topological polar surface area (TPSA) is 88.5 Å². The number of nitrogens with zero attached hydrogens (tertiary/aromatic N) is 2. The van der Waals surface area contributed by atoms with Gasteiger partial charge in [-0.3, -0.25) is 14.5 Å². The average molecular weight is 599 g/mol. The SMILES string of the molecule is Cc1cc(OCC(C)C)ccc1/C(O)=C1\C(=O)C(=O)N(CCCN2CCOCC2)C1c1ccc(OCc2ccccc2)cc1. The van der Waals surface area contributed by atoms with Crippen LogP contribution < -0.4 is 9.47 Å². The summed E-state index contributed by atoms with van der Waals surface area (Å²) in [6.07, 6.45) is 0.697. The van der Waals surface area contributed by atoms with E-state index in [1.807, 2.05) is 67.6 Å². The number of hydrogen-bond donors (Lipinski definition) is 1. The Morgan fingerprint density at radius 2 is 1.64 bits per heavy atom. The lowest BCUT2D eigenvalue weighted by atomic mass is 9.93. The highest BCUT2D eigenvalue weighted by molar-refractivity contribution is 6.46. The van der Waals surface area contributed by atoms with Crippen molar-refractivity contribution >= 4 is 17.4 Å². The number of aliphatic hydroxyl groups excluding tert-OH is 1. The van der Waals surface area contributed by atoms with Crippen LogP contribution in [0, 0.1) is 12.8 Å². The van der Waals surface area contributed by atoms with E-state index in [2.05, 4.69) is 18.7 Å². The number of ketones is 1. The van der Waals surface area contributed by atoms with Crippen molar-refractivity contribution in [3.05, 3.63) is 101 Å². The molecule has 2 fully saturated rings. The number of amides is 1. The summed E-state index contributed by atoms with van der Waals surface area (Å²) in [6.45, 7) is 11.3. The second-order valence-electron chi connectivity index (χ2n) is 11.8. The number of carbonyl (C=O) groups excluding carboxylic acids is 2. The molecule has 44 heavy (non-hydrogen) atoms. The summed E-state index contributed by atoms with van der Waals surface area (Å²) in [7, 11) is 0. The van der Waals surface area contributed by atoms with Crippen molar-refractivity contribution in [3.8, 4) is 11.5 Å². The van der Waals surface area contributed by atoms with Gasteiger partial charge in [-0.1, -0.05) is 56.3 Å². The molecule has 5 rings (SSSR count). The van der Waals surface area contributed by atoms with Gasteiger partial charge >= 0.3 is 0 Å². The molecular formula is C36H42N2O6. The predicted molar refractivity (Wildman–Crippen MR) is 170 cm³/mol. The number of aliphatic hydroxyl groups is 1. The zero-order valence-corrected chi connectivity index (χ0v) is 25.8. The van der Waals surface area contributed by atoms with Crippen LogP contribution in [0.25, 0.3) is 5.76 Å². The first-order valence-corrected chi connectivity index (χ1v) is 15.4. The summed E-state index contributed by atoms with van der Waals surface area (Å²) in [5, 5.41) is 11.6. The van der Waals surface area contributed by atoms with Crippen LogP contribution in [0.4, 0.5) is 0 Å². The quantitative estimate of drug-likeness (QED) is 0.161. The summed E-state index contributed by atoms with van der Waals surface area (Å²) in [6, 6.07) is 22.0. The summed E-state index contributed by atoms with van der Waals surface area (Å²) in [4.78, 5) is 31.0. The second kappa shape index (κ2) is 14.6. The highest BCUT2D eigenvalue weighted by Gasteiger charge is 2.46. The Hall–Kier alpha value is -4.14. The van der Waals surface area contributed by atoms with Gasteiger partial charge in [-0.2, -0.15) is 0 Å². The Kier molecular flexibility index (Phi) is 10.4. The van der Waals surface area contributed by atoms with Crippen molar-refractivity contribution in [2.75, 3.05) is 46.0 Å². The summed E-state index contributed by atoms with van der Waals surface area (Å²) < 4.78 is 17.3. The molecule has 0 saturated carbocycles. The van der Waals surface area contributed by atoms with Crippen LogP contribution in [0.1, 0.15) is 48.6 Å². The number of ether oxygens (including phenoxy) is 3. The molecule has 1 atom stereocenters. The summed E-state index contributed by atoms with van der Waals surface area (Å²) in [5.74, 6) is 0.285. The molecular weight excluding hydrogens is 556 g/mol. The molecule has 1 amide bonds. The number of rotatable bonds is 12. The van der Waals surface area contributed by atoms with Gasteiger partial charge in [0.1, 0.15) is 23.9 Å². The van der Waals surface area contributed by atoms with Crippen molar-refractivity contribution in [2.24, 2.45) is 5.92 Å². The predicted octanol–water partition coefficient (Wildman–Crippen LogP) is 5.75. The molecule has 2 heterocycles. The number of likely N-dealkylation sites (tertiary alicyclic amines) is 1. The highest BCUT2D eigenvalue weighted by Crippen LogP contribution is 2.40. The van der Waals surface area contributed by atoms with E-state index in [4.69, 9.17) is 14.2 Å². The summed E-state index contributed by atoms with van der Waals surface area (Å²) in [5.41, 5.74) is 3.14. The van der Waals surface area contributed by atoms with Crippen LogP contribution in [-0.4, -0.2) is 72.6 Å². The zero-order valence-electron chi connectivity index (χ0n) is 25.8. The minimum absolute atomic E-state index is 0.0956. The van der Waals surface area contributed by atoms with Crippen LogP contribution in [0.15, 0.2) is 78.4 Å². The van der Waals surface area contributed by atoms with Gasteiger partial charge in [0, 0.05) is 31.7 Å². The lowest BCUT2D eigenvalue weighted by molar-refractivity contribution is -0.140. The second-order valence-corrected chi connectivity index (χ2v) is 11.8. The Labute approximate surface area is 259 Å². The van der Waals surface area contributed by atoms with Gasteiger partial charge in [0.2, 0.25) is 0 Å². The van der Waals surface area contributed by atoms with Gasteiger partial charge < -0.3 is 24.2 Å². The maximum absolute atomic E-state index is 13.6. The van der Waals surface area contributed by atoms with E-state index >= 15 is 0 Å². The van der Waals surface area contributed by atoms with Crippen LogP contribution in [0.5, 0.6) is 11.5 Å². The van der Waals surface area contributed by atoms with Crippen LogP contribution >= 0.6 is 0 Å². The van der Waals surface area contributed by atoms with Crippen molar-refractivity contribution in [2.45, 2.75) is 39.8 Å². The molecule has 2 saturated heterocycles. The largest absolute Gasteiger partial charge is 0.507 e. The first-order valence-electron chi connectivity index (χ1n) is 15.4. The maximum atomic E-state index is 13.6. The van der Waals surface area contributed by atoms with Gasteiger partial charge in [-0.05, 0) is 66.3 Å². The lowest BCUT2D eigenvalue weighted by Gasteiger charge is -2.29. The first kappa shape index (κ1) is 31.3. The van der Waals surface area contributed by atoms with Crippen LogP contribution in [0.2, 0.25) is 0 Å². The smallest absolute Gasteiger partial charge is 0.295 e. The van der Waals surface area contributed by atoms with E-state index in [0.29, 0.717) is 62.4 Å². The van der Waals surface area contributed by atoms with E-state index < -0.39 is 17.7 Å². The van der Waals surface area contributed by atoms with Gasteiger partial charge in [-0.15, -0.1) is 0 Å². The Balaban J connectivity index is 1.43. The van der Waals surface area contributed by atoms with Crippen molar-refractivity contribution in [1.82, 2.24) is 9.80 Å². The molecule has 8 heteroatoms. The molecule has 0 aliphatic carbocycles. The van der Waals surface area contributed by atoms with Crippen molar-refractivity contribution in [1.29, 1.82) is 0 Å². The number of Topliss-reactive ketones (excluding diaryl/α,β-unsaturated/α-hetero) is 1. The molecule has 1 N–H and O–H groups in total. The number of morpholine rings is 1. The fourth-order valence-corrected chi connectivity index (χ4v) is 5.63. The van der Waals surface area contributed by atoms with Crippen molar-refractivity contribution < 1.29 is 28.9 Å². The number of hydrogen-bond acceptors (Lipinski definition) is 7. The standard InChI is InChI=1S/C36H42N2O6/c1-25(2)23-43-30-14-15-31(26(3)22-30)34(39)32-33(28-10-12-29(13-11-28)44-24-27-8-5-4-6-9-27)38(36(41)35(32)40)17-7-16-37-18-20-42-21-19-37/h4-6,8-15,22,25,33,39H,7,16-21,23-24H2,1-3H3/b34-32+. The minimum Gasteiger partial charge on any atom is -0.507 e.